The molecule has 2 heterocycles. The van der Waals surface area contributed by atoms with Gasteiger partial charge in [-0.1, -0.05) is 95.0 Å². The van der Waals surface area contributed by atoms with Gasteiger partial charge in [0.15, 0.2) is 24.4 Å². The molecule has 19 atom stereocenters. The van der Waals surface area contributed by atoms with E-state index < -0.39 is 251 Å². The van der Waals surface area contributed by atoms with E-state index in [1.54, 1.807) is 12.1 Å². The molecular formula is C79H125N9O30S3. The largest absolute Gasteiger partial charge is 0.508 e. The molecule has 1 unspecified atom stereocenters. The average molecular weight is 1780 g/mol. The van der Waals surface area contributed by atoms with E-state index >= 15 is 4.79 Å². The van der Waals surface area contributed by atoms with E-state index in [9.17, 15) is 119 Å². The SMILES string of the molecule is CCCC(=O)OCN(C(=O)[C@@H](CC(=O)[C@H]1CCCCN1C)C(C)CC)[C@H](C[C@@H](OC(C)=O)c1nc(C(=O)N[C@@H](Cc2ccc(O)cc2)C[C@H](C)C(=O)NNC(=O)OCCSSC[C@H](CC(=O)[C@H](CCC(=O)NC[C@H](O)[C@@H](O)[C@H](O)[C@H](O)CO)NC(=O)[C@H](CCC(=O)O)CC(=O)[C@@H](C)CCC(=O)NC[C@H](O)[C@@H](O)[C@H](O)[C@H](O)CO)C(=O)O)cs1)C(C)C. The number of hydrogen-bond donors (Lipinski definition) is 19. The van der Waals surface area contributed by atoms with Gasteiger partial charge in [-0.25, -0.2) is 15.2 Å². The molecule has 39 nitrogen and oxygen atoms in total. The topological polar surface area (TPSA) is 621 Å². The lowest BCUT2D eigenvalue weighted by Crippen LogP contribution is -2.50. The van der Waals surface area contributed by atoms with Gasteiger partial charge in [0, 0.05) is 124 Å². The van der Waals surface area contributed by atoms with Crippen LogP contribution in [0.5, 0.6) is 5.75 Å². The Balaban J connectivity index is 1.74. The number of phenols is 1. The average Bonchev–Trinajstić information content (AvgIpc) is 1.80. The molecule has 0 saturated carbocycles. The third kappa shape index (κ3) is 38.7. The number of esters is 2. The monoisotopic (exact) mass is 1780 g/mol. The first-order valence-corrected chi connectivity index (χ1v) is 43.8. The second-order valence-corrected chi connectivity index (χ2v) is 34.4. The van der Waals surface area contributed by atoms with E-state index in [1.165, 1.54) is 43.2 Å². The highest BCUT2D eigenvalue weighted by Crippen LogP contribution is 2.35. The Hall–Kier alpha value is -8.11. The lowest BCUT2D eigenvalue weighted by molar-refractivity contribution is -0.162. The van der Waals surface area contributed by atoms with Gasteiger partial charge in [-0.15, -0.1) is 11.3 Å². The molecule has 1 aromatic carbocycles. The minimum atomic E-state index is -2.08. The number of ether oxygens (including phenoxy) is 3. The summed E-state index contributed by atoms with van der Waals surface area (Å²) in [6.07, 6.45) is -18.5. The van der Waals surface area contributed by atoms with Crippen LogP contribution in [-0.2, 0) is 78.2 Å². The number of amides is 7. The van der Waals surface area contributed by atoms with Gasteiger partial charge in [0.25, 0.3) is 5.91 Å². The zero-order valence-electron chi connectivity index (χ0n) is 69.8. The Labute approximate surface area is 714 Å². The van der Waals surface area contributed by atoms with Gasteiger partial charge in [-0.3, -0.25) is 72.7 Å². The minimum absolute atomic E-state index is 0.00663. The van der Waals surface area contributed by atoms with E-state index in [1.807, 2.05) is 46.6 Å². The molecule has 1 fully saturated rings. The number of Topliss-reactive ketones (excluding diaryl/α,β-unsaturated/α-hetero) is 3. The Kier molecular flexibility index (Phi) is 49.5. The maximum atomic E-state index is 15.1. The van der Waals surface area contributed by atoms with Crippen LogP contribution in [0, 0.1) is 41.4 Å². The van der Waals surface area contributed by atoms with E-state index in [2.05, 4.69) is 37.1 Å². The minimum Gasteiger partial charge on any atom is -0.508 e. The highest BCUT2D eigenvalue weighted by atomic mass is 33.1. The van der Waals surface area contributed by atoms with Crippen LogP contribution in [0.3, 0.4) is 0 Å². The number of rotatable bonds is 59. The van der Waals surface area contributed by atoms with Crippen LogP contribution in [-0.4, -0.2) is 302 Å². The molecular weight excluding hydrogens is 1650 g/mol. The second kappa shape index (κ2) is 55.9. The molecule has 7 amide bonds. The van der Waals surface area contributed by atoms with Crippen LogP contribution in [0.4, 0.5) is 4.79 Å². The summed E-state index contributed by atoms with van der Waals surface area (Å²) in [5.41, 5.74) is 4.96. The number of carbonyl (C=O) groups excluding carboxylic acids is 12. The van der Waals surface area contributed by atoms with E-state index in [4.69, 9.17) is 24.4 Å². The molecule has 0 spiro atoms. The maximum absolute atomic E-state index is 15.1. The number of benzene rings is 1. The number of carboxylic acid groups (broad SMARTS) is 2. The first-order valence-electron chi connectivity index (χ1n) is 40.5. The molecule has 3 rings (SSSR count). The van der Waals surface area contributed by atoms with Gasteiger partial charge in [-0.05, 0) is 94.5 Å². The Morgan fingerprint density at radius 1 is 0.669 bits per heavy atom. The normalized spacial score (nSPS) is 17.5. The zero-order valence-corrected chi connectivity index (χ0v) is 72.3. The molecule has 684 valence electrons. The molecule has 1 saturated heterocycles. The third-order valence-electron chi connectivity index (χ3n) is 20.9. The van der Waals surface area contributed by atoms with E-state index in [0.717, 1.165) is 52.3 Å². The number of piperidine rings is 1. The zero-order chi connectivity index (χ0) is 90.9. The van der Waals surface area contributed by atoms with Crippen molar-refractivity contribution in [3.63, 3.8) is 0 Å². The molecule has 42 heteroatoms. The fraction of sp³-hybridized carbons (Fsp3) is 0.709. The number of likely N-dealkylation sites (N-methyl/N-ethyl adjacent to an activating group) is 1. The number of aromatic hydroxyl groups is 1. The van der Waals surface area contributed by atoms with Crippen LogP contribution in [0.15, 0.2) is 29.6 Å². The summed E-state index contributed by atoms with van der Waals surface area (Å²) >= 11 is 1.01. The van der Waals surface area contributed by atoms with Crippen LogP contribution in [0.25, 0.3) is 0 Å². The molecule has 0 radical (unpaired) electrons. The summed E-state index contributed by atoms with van der Waals surface area (Å²) in [6, 6.07) is 2.45. The number of nitrogens with one attached hydrogen (secondary N) is 6. The predicted molar refractivity (Wildman–Crippen MR) is 438 cm³/mol. The number of carbonyl (C=O) groups is 14. The summed E-state index contributed by atoms with van der Waals surface area (Å²) in [4.78, 5) is 196. The molecule has 19 N–H and O–H groups in total. The standard InChI is InChI=1S/C79H125N9O30S3/c1-10-14-68(104)117-41-88(77(112)52(43(5)11-2)33-59(95)55-15-12-13-26-87(55)9)56(42(3)4)34-64(118-46(8)91)76-84-54(40-119-76)75(111)82-50(30-47-17-20-51(92)21-18-47)29-45(7)73(109)85-86-79(115)116-27-28-120-121-39-49(78(113)114)32-58(94)53(22-24-66(101)81-36-61(97)70(106)72(108)63(99)38-90)83-74(110)48(19-25-67(102)103)31-57(93)44(6)16-23-65(100)80-35-60(96)69(105)71(107)62(98)37-89/h17-18,20-21,40,42-45,48-50,52-53,55-56,60-64,69-72,89-90,92,96-99,105-108H,10-16,19,22-39,41H2,1-9H3,(H,80,100)(H,81,101)(H,82,111)(H,83,110)(H,85,109)(H,86,115)(H,102,103)(H,113,114)/t43?,44-,45-,48+,49-,50+,52-,53-,55+,56+,60-,61-,62+,63+,64+,69+,70+,71+,72+/m0/s1. The van der Waals surface area contributed by atoms with Crippen molar-refractivity contribution < 1.29 is 148 Å². The first kappa shape index (κ1) is 107. The highest BCUT2D eigenvalue weighted by molar-refractivity contribution is 8.76. The fourth-order valence-corrected chi connectivity index (χ4v) is 16.1. The number of aliphatic hydroxyl groups excluding tert-OH is 10. The van der Waals surface area contributed by atoms with Crippen molar-refractivity contribution in [2.75, 3.05) is 64.7 Å². The van der Waals surface area contributed by atoms with Gasteiger partial charge >= 0.3 is 30.0 Å². The van der Waals surface area contributed by atoms with Crippen molar-refractivity contribution in [1.82, 2.24) is 46.9 Å². The number of nitrogens with zero attached hydrogens (tertiary/aromatic N) is 3. The summed E-state index contributed by atoms with van der Waals surface area (Å²) in [7, 11) is 3.83. The molecule has 0 bridgehead atoms. The van der Waals surface area contributed by atoms with Crippen molar-refractivity contribution >= 4 is 116 Å². The summed E-state index contributed by atoms with van der Waals surface area (Å²) in [6.45, 7) is 10.1. The molecule has 1 aromatic heterocycles. The first-order chi connectivity index (χ1) is 57.1. The maximum Gasteiger partial charge on any atom is 0.426 e. The molecule has 121 heavy (non-hydrogen) atoms. The van der Waals surface area contributed by atoms with Gasteiger partial charge in [0.05, 0.1) is 43.4 Å². The second-order valence-electron chi connectivity index (χ2n) is 30.9. The summed E-state index contributed by atoms with van der Waals surface area (Å²) in [5.74, 6) is -17.0. The molecule has 1 aliphatic rings. The number of likely N-dealkylation sites (tertiary alicyclic amines) is 1. The third-order valence-corrected chi connectivity index (χ3v) is 24.2. The number of hydrogen-bond acceptors (Lipinski definition) is 33. The number of aliphatic carboxylic acids is 2. The number of aromatic nitrogens is 1. The summed E-state index contributed by atoms with van der Waals surface area (Å²) < 4.78 is 16.8. The lowest BCUT2D eigenvalue weighted by Gasteiger charge is -2.39. The van der Waals surface area contributed by atoms with Crippen molar-refractivity contribution in [3.05, 3.63) is 45.9 Å². The number of hydrazine groups is 1. The Morgan fingerprint density at radius 3 is 1.82 bits per heavy atom. The van der Waals surface area contributed by atoms with Gasteiger partial charge < -0.3 is 107 Å². The number of carboxylic acids is 2. The molecule has 2 aromatic rings. The number of aliphatic hydroxyl groups is 10. The highest BCUT2D eigenvalue weighted by Gasteiger charge is 2.42. The summed E-state index contributed by atoms with van der Waals surface area (Å²) in [5, 5.41) is 140. The van der Waals surface area contributed by atoms with Gasteiger partial charge in [-0.2, -0.15) is 0 Å². The lowest BCUT2D eigenvalue weighted by atomic mass is 9.82. The van der Waals surface area contributed by atoms with Crippen LogP contribution in [0.2, 0.25) is 0 Å². The van der Waals surface area contributed by atoms with E-state index in [-0.39, 0.29) is 103 Å². The molecule has 0 aliphatic carbocycles. The van der Waals surface area contributed by atoms with Crippen molar-refractivity contribution in [1.29, 1.82) is 0 Å². The van der Waals surface area contributed by atoms with Crippen molar-refractivity contribution in [2.45, 2.75) is 250 Å². The van der Waals surface area contributed by atoms with Crippen molar-refractivity contribution in [3.8, 4) is 5.75 Å². The number of phenolic OH excluding ortho intramolecular Hbond substituents is 1. The van der Waals surface area contributed by atoms with Gasteiger partial charge in [0.2, 0.25) is 29.5 Å². The number of thiazole rings is 1. The fourth-order valence-electron chi connectivity index (χ4n) is 13.1. The van der Waals surface area contributed by atoms with Crippen LogP contribution >= 0.6 is 32.9 Å². The smallest absolute Gasteiger partial charge is 0.426 e. The number of ketones is 3. The Morgan fingerprint density at radius 2 is 1.26 bits per heavy atom. The molecule has 1 aliphatic heterocycles. The van der Waals surface area contributed by atoms with Crippen LogP contribution < -0.4 is 32.1 Å². The van der Waals surface area contributed by atoms with Crippen LogP contribution in [0.1, 0.15) is 192 Å². The Bertz CT molecular complexity index is 3640. The predicted octanol–water partition coefficient (Wildman–Crippen LogP) is 0.495. The quantitative estimate of drug-likeness (QED) is 0.0107. The van der Waals surface area contributed by atoms with Gasteiger partial charge in [0.1, 0.15) is 65.5 Å². The van der Waals surface area contributed by atoms with E-state index in [0.29, 0.717) is 24.8 Å². The van der Waals surface area contributed by atoms with Crippen molar-refractivity contribution in [2.24, 2.45) is 41.4 Å².